The van der Waals surface area contributed by atoms with Crippen LogP contribution in [0, 0.1) is 0 Å². The van der Waals surface area contributed by atoms with Crippen LogP contribution in [0.5, 0.6) is 0 Å². The highest BCUT2D eigenvalue weighted by molar-refractivity contribution is 5.92. The van der Waals surface area contributed by atoms with E-state index in [0.717, 1.165) is 29.5 Å². The fraction of sp³-hybridized carbons (Fsp3) is 0.211. The highest BCUT2D eigenvalue weighted by Gasteiger charge is 2.02. The molecule has 2 aromatic rings. The van der Waals surface area contributed by atoms with Gasteiger partial charge < -0.3 is 22.3 Å². The predicted octanol–water partition coefficient (Wildman–Crippen LogP) is 1.04. The van der Waals surface area contributed by atoms with Crippen LogP contribution >= 0.6 is 0 Å². The molecule has 26 heavy (non-hydrogen) atoms. The van der Waals surface area contributed by atoms with E-state index in [2.05, 4.69) is 34.3 Å². The molecule has 2 aromatic carbocycles. The number of carboxylic acid groups (broad SMARTS) is 1. The van der Waals surface area contributed by atoms with Crippen LogP contribution in [0.15, 0.2) is 58.5 Å². The quantitative estimate of drug-likeness (QED) is 0.435. The lowest BCUT2D eigenvalue weighted by atomic mass is 10.0. The van der Waals surface area contributed by atoms with Crippen molar-refractivity contribution in [3.8, 4) is 0 Å². The summed E-state index contributed by atoms with van der Waals surface area (Å²) >= 11 is 0. The van der Waals surface area contributed by atoms with Crippen LogP contribution in [-0.2, 0) is 24.1 Å². The van der Waals surface area contributed by atoms with E-state index < -0.39 is 5.97 Å². The molecule has 0 aliphatic heterocycles. The molecule has 0 aromatic heterocycles. The largest absolute Gasteiger partial charge is 0.481 e. The second-order valence-electron chi connectivity index (χ2n) is 5.91. The maximum Gasteiger partial charge on any atom is 0.307 e. The highest BCUT2D eigenvalue weighted by atomic mass is 16.4. The van der Waals surface area contributed by atoms with Crippen LogP contribution in [0.1, 0.15) is 22.3 Å². The second-order valence-corrected chi connectivity index (χ2v) is 5.91. The lowest BCUT2D eigenvalue weighted by Crippen LogP contribution is -2.26. The summed E-state index contributed by atoms with van der Waals surface area (Å²) in [5, 5.41) is 8.80. The molecule has 0 aliphatic rings. The molecule has 7 nitrogen and oxygen atoms in total. The van der Waals surface area contributed by atoms with Crippen molar-refractivity contribution in [3.05, 3.63) is 70.8 Å². The van der Waals surface area contributed by atoms with E-state index in [1.807, 2.05) is 24.3 Å². The number of carbonyl (C=O) groups is 1. The number of nitrogens with two attached hydrogens (primary N) is 3. The van der Waals surface area contributed by atoms with E-state index in [1.165, 1.54) is 5.56 Å². The standard InChI is InChI=1S/C19H23N5O2/c20-18(21)24-19(22)23-10-9-13-1-3-14(4-2-13)11-15-5-7-16(8-6-15)12-17(25)26/h1-8H,9-12H2,(H,25,26)(H6,20,21,22,23,24). The average molecular weight is 353 g/mol. The van der Waals surface area contributed by atoms with Gasteiger partial charge in [-0.1, -0.05) is 48.5 Å². The van der Waals surface area contributed by atoms with Gasteiger partial charge >= 0.3 is 5.97 Å². The molecule has 0 bridgehead atoms. The molecule has 0 spiro atoms. The number of hydrogen-bond donors (Lipinski definition) is 4. The molecule has 0 amide bonds. The Kier molecular flexibility index (Phi) is 6.73. The summed E-state index contributed by atoms with van der Waals surface area (Å²) in [5.74, 6) is -0.850. The van der Waals surface area contributed by atoms with Gasteiger partial charge in [-0.05, 0) is 35.1 Å². The van der Waals surface area contributed by atoms with Gasteiger partial charge in [0.15, 0.2) is 5.96 Å². The topological polar surface area (TPSA) is 140 Å². The van der Waals surface area contributed by atoms with Crippen LogP contribution in [0.25, 0.3) is 0 Å². The van der Waals surface area contributed by atoms with Gasteiger partial charge in [-0.25, -0.2) is 0 Å². The minimum Gasteiger partial charge on any atom is -0.481 e. The fourth-order valence-corrected chi connectivity index (χ4v) is 2.48. The van der Waals surface area contributed by atoms with Crippen molar-refractivity contribution in [1.82, 2.24) is 0 Å². The molecule has 0 atom stereocenters. The van der Waals surface area contributed by atoms with Crippen LogP contribution in [0.2, 0.25) is 0 Å². The molecule has 2 rings (SSSR count). The molecular formula is C19H23N5O2. The van der Waals surface area contributed by atoms with E-state index in [-0.39, 0.29) is 18.3 Å². The van der Waals surface area contributed by atoms with Gasteiger partial charge in [0.05, 0.1) is 6.42 Å². The number of aliphatic imine (C=N–C) groups is 2. The Bertz CT molecular complexity index is 792. The number of carboxylic acids is 1. The van der Waals surface area contributed by atoms with Crippen molar-refractivity contribution in [2.75, 3.05) is 6.54 Å². The first kappa shape index (κ1) is 19.0. The molecule has 0 saturated carbocycles. The van der Waals surface area contributed by atoms with Gasteiger partial charge in [0.2, 0.25) is 5.96 Å². The number of rotatable bonds is 7. The van der Waals surface area contributed by atoms with Crippen LogP contribution < -0.4 is 17.2 Å². The molecule has 7 N–H and O–H groups in total. The first-order valence-corrected chi connectivity index (χ1v) is 8.19. The van der Waals surface area contributed by atoms with E-state index in [0.29, 0.717) is 6.54 Å². The zero-order valence-electron chi connectivity index (χ0n) is 14.4. The van der Waals surface area contributed by atoms with Crippen molar-refractivity contribution in [2.45, 2.75) is 19.3 Å². The lowest BCUT2D eigenvalue weighted by Gasteiger charge is -2.05. The van der Waals surface area contributed by atoms with Crippen molar-refractivity contribution in [1.29, 1.82) is 0 Å². The first-order chi connectivity index (χ1) is 12.4. The maximum absolute atomic E-state index is 10.7. The van der Waals surface area contributed by atoms with Gasteiger partial charge in [-0.2, -0.15) is 4.99 Å². The fourth-order valence-electron chi connectivity index (χ4n) is 2.48. The van der Waals surface area contributed by atoms with Crippen LogP contribution in [0.4, 0.5) is 0 Å². The molecule has 0 radical (unpaired) electrons. The number of nitrogens with zero attached hydrogens (tertiary/aromatic N) is 2. The number of hydrogen-bond acceptors (Lipinski definition) is 2. The molecule has 0 fully saturated rings. The summed E-state index contributed by atoms with van der Waals surface area (Å²) in [6.07, 6.45) is 1.58. The monoisotopic (exact) mass is 353 g/mol. The Labute approximate surface area is 152 Å². The number of guanidine groups is 2. The Morgan fingerprint density at radius 2 is 1.35 bits per heavy atom. The Balaban J connectivity index is 1.89. The molecule has 0 aliphatic carbocycles. The smallest absolute Gasteiger partial charge is 0.307 e. The van der Waals surface area contributed by atoms with E-state index in [4.69, 9.17) is 22.3 Å². The molecule has 136 valence electrons. The Hall–Kier alpha value is -3.35. The summed E-state index contributed by atoms with van der Waals surface area (Å²) < 4.78 is 0. The van der Waals surface area contributed by atoms with E-state index in [1.54, 1.807) is 0 Å². The highest BCUT2D eigenvalue weighted by Crippen LogP contribution is 2.13. The van der Waals surface area contributed by atoms with Gasteiger partial charge in [-0.15, -0.1) is 0 Å². The minimum atomic E-state index is -0.822. The van der Waals surface area contributed by atoms with Gasteiger partial charge in [0.1, 0.15) is 0 Å². The van der Waals surface area contributed by atoms with Gasteiger partial charge in [0, 0.05) is 6.54 Å². The van der Waals surface area contributed by atoms with E-state index in [9.17, 15) is 4.79 Å². The summed E-state index contributed by atoms with van der Waals surface area (Å²) in [7, 11) is 0. The summed E-state index contributed by atoms with van der Waals surface area (Å²) in [6.45, 7) is 0.507. The van der Waals surface area contributed by atoms with Crippen molar-refractivity contribution < 1.29 is 9.90 Å². The zero-order chi connectivity index (χ0) is 18.9. The molecule has 0 saturated heterocycles. The van der Waals surface area contributed by atoms with Gasteiger partial charge in [-0.3, -0.25) is 9.79 Å². The Morgan fingerprint density at radius 3 is 1.85 bits per heavy atom. The van der Waals surface area contributed by atoms with Crippen molar-refractivity contribution in [2.24, 2.45) is 27.2 Å². The van der Waals surface area contributed by atoms with Crippen LogP contribution in [-0.4, -0.2) is 29.5 Å². The molecule has 0 heterocycles. The SMILES string of the molecule is NC(N)=NC(N)=NCCc1ccc(Cc2ccc(CC(=O)O)cc2)cc1. The molecule has 7 heteroatoms. The summed E-state index contributed by atoms with van der Waals surface area (Å²) in [4.78, 5) is 18.4. The van der Waals surface area contributed by atoms with Gasteiger partial charge in [0.25, 0.3) is 0 Å². The predicted molar refractivity (Wildman–Crippen MR) is 103 cm³/mol. The third kappa shape index (κ3) is 6.64. The summed E-state index contributed by atoms with van der Waals surface area (Å²) in [6, 6.07) is 15.9. The number of aliphatic carboxylic acids is 1. The van der Waals surface area contributed by atoms with Crippen LogP contribution in [0.3, 0.4) is 0 Å². The Morgan fingerprint density at radius 1 is 0.846 bits per heavy atom. The van der Waals surface area contributed by atoms with Crippen molar-refractivity contribution >= 4 is 17.9 Å². The maximum atomic E-state index is 10.7. The first-order valence-electron chi connectivity index (χ1n) is 8.19. The zero-order valence-corrected chi connectivity index (χ0v) is 14.4. The third-order valence-electron chi connectivity index (χ3n) is 3.73. The lowest BCUT2D eigenvalue weighted by molar-refractivity contribution is -0.136. The summed E-state index contributed by atoms with van der Waals surface area (Å²) in [5.41, 5.74) is 20.3. The molecule has 0 unspecified atom stereocenters. The third-order valence-corrected chi connectivity index (χ3v) is 3.73. The number of benzene rings is 2. The average Bonchev–Trinajstić information content (AvgIpc) is 2.57. The second kappa shape index (κ2) is 9.22. The minimum absolute atomic E-state index is 0.0468. The molecular weight excluding hydrogens is 330 g/mol. The van der Waals surface area contributed by atoms with Crippen molar-refractivity contribution in [3.63, 3.8) is 0 Å². The normalized spacial score (nSPS) is 11.2. The van der Waals surface area contributed by atoms with E-state index >= 15 is 0 Å².